The van der Waals surface area contributed by atoms with E-state index in [2.05, 4.69) is 23.7 Å². The van der Waals surface area contributed by atoms with Crippen LogP contribution < -0.4 is 0 Å². The van der Waals surface area contributed by atoms with Crippen LogP contribution in [-0.2, 0) is 6.54 Å². The van der Waals surface area contributed by atoms with Crippen molar-refractivity contribution in [1.82, 2.24) is 4.90 Å². The number of halogens is 1. The van der Waals surface area contributed by atoms with Crippen molar-refractivity contribution in [3.8, 4) is 11.8 Å². The molecule has 1 aromatic rings. The highest BCUT2D eigenvalue weighted by Crippen LogP contribution is 2.28. The first kappa shape index (κ1) is 15.0. The average molecular weight is 275 g/mol. The van der Waals surface area contributed by atoms with Gasteiger partial charge in [0.1, 0.15) is 12.4 Å². The summed E-state index contributed by atoms with van der Waals surface area (Å²) in [6.07, 6.45) is 4.88. The van der Waals surface area contributed by atoms with E-state index in [1.54, 1.807) is 6.07 Å². The second kappa shape index (κ2) is 7.42. The summed E-state index contributed by atoms with van der Waals surface area (Å²) in [6, 6.07) is 5.61. The van der Waals surface area contributed by atoms with E-state index in [-0.39, 0.29) is 12.4 Å². The first-order valence-electron chi connectivity index (χ1n) is 7.36. The lowest BCUT2D eigenvalue weighted by molar-refractivity contribution is 0.250. The fourth-order valence-corrected chi connectivity index (χ4v) is 2.38. The van der Waals surface area contributed by atoms with Gasteiger partial charge in [-0.3, -0.25) is 4.90 Å². The van der Waals surface area contributed by atoms with Crippen LogP contribution in [0, 0.1) is 17.7 Å². The van der Waals surface area contributed by atoms with Crippen LogP contribution in [0.2, 0.25) is 0 Å². The minimum atomic E-state index is -0.254. The fraction of sp³-hybridized carbons (Fsp3) is 0.529. The Morgan fingerprint density at radius 2 is 2.15 bits per heavy atom. The molecule has 0 saturated heterocycles. The van der Waals surface area contributed by atoms with Crippen molar-refractivity contribution < 1.29 is 9.50 Å². The summed E-state index contributed by atoms with van der Waals surface area (Å²) in [7, 11) is 0. The number of hydrogen-bond donors (Lipinski definition) is 1. The van der Waals surface area contributed by atoms with Crippen LogP contribution in [0.4, 0.5) is 4.39 Å². The van der Waals surface area contributed by atoms with Gasteiger partial charge in [0.05, 0.1) is 0 Å². The van der Waals surface area contributed by atoms with Crippen molar-refractivity contribution in [3.05, 3.63) is 35.1 Å². The number of rotatable bonds is 6. The molecule has 1 fully saturated rings. The maximum atomic E-state index is 13.6. The van der Waals surface area contributed by atoms with Gasteiger partial charge in [-0.05, 0) is 49.6 Å². The largest absolute Gasteiger partial charge is 0.384 e. The lowest BCUT2D eigenvalue weighted by Crippen LogP contribution is -2.26. The van der Waals surface area contributed by atoms with Gasteiger partial charge in [-0.25, -0.2) is 4.39 Å². The summed E-state index contributed by atoms with van der Waals surface area (Å²) in [4.78, 5) is 2.45. The Kier molecular flexibility index (Phi) is 5.58. The first-order valence-corrected chi connectivity index (χ1v) is 7.36. The van der Waals surface area contributed by atoms with Gasteiger partial charge in [0.25, 0.3) is 0 Å². The van der Waals surface area contributed by atoms with Gasteiger partial charge < -0.3 is 5.11 Å². The number of unbranched alkanes of at least 4 members (excludes halogenated alkanes) is 1. The molecular formula is C17H22FNO. The lowest BCUT2D eigenvalue weighted by Gasteiger charge is -2.22. The van der Waals surface area contributed by atoms with Crippen LogP contribution >= 0.6 is 0 Å². The van der Waals surface area contributed by atoms with E-state index in [0.717, 1.165) is 18.7 Å². The van der Waals surface area contributed by atoms with Crippen LogP contribution in [0.15, 0.2) is 18.2 Å². The quantitative estimate of drug-likeness (QED) is 0.807. The number of nitrogens with zero attached hydrogens (tertiary/aromatic N) is 1. The Bertz CT molecular complexity index is 499. The molecule has 0 bridgehead atoms. The second-order valence-corrected chi connectivity index (χ2v) is 5.36. The van der Waals surface area contributed by atoms with Gasteiger partial charge in [-0.15, -0.1) is 0 Å². The highest BCUT2D eigenvalue weighted by Gasteiger charge is 2.28. The van der Waals surface area contributed by atoms with Crippen LogP contribution in [0.1, 0.15) is 43.7 Å². The molecular weight excluding hydrogens is 253 g/mol. The first-order chi connectivity index (χ1) is 9.72. The summed E-state index contributed by atoms with van der Waals surface area (Å²) in [5.74, 6) is 5.09. The van der Waals surface area contributed by atoms with E-state index in [0.29, 0.717) is 11.6 Å². The van der Waals surface area contributed by atoms with E-state index < -0.39 is 0 Å². The molecule has 0 unspecified atom stereocenters. The van der Waals surface area contributed by atoms with Gasteiger partial charge >= 0.3 is 0 Å². The SMILES string of the molecule is CCCCN(Cc1cc(F)cc(C#CCO)c1)C1CC1. The second-order valence-electron chi connectivity index (χ2n) is 5.36. The number of aliphatic hydroxyl groups excluding tert-OH is 1. The third-order valence-electron chi connectivity index (χ3n) is 3.52. The third kappa shape index (κ3) is 4.63. The molecule has 0 atom stereocenters. The zero-order chi connectivity index (χ0) is 14.4. The molecule has 1 N–H and O–H groups in total. The standard InChI is InChI=1S/C17H22FNO/c1-2-3-8-19(17-6-7-17)13-15-10-14(5-4-9-20)11-16(18)12-15/h10-12,17,20H,2-3,6-9,13H2,1H3. The van der Waals surface area contributed by atoms with E-state index in [1.165, 1.54) is 31.7 Å². The van der Waals surface area contributed by atoms with Gasteiger partial charge in [-0.2, -0.15) is 0 Å². The lowest BCUT2D eigenvalue weighted by atomic mass is 10.1. The highest BCUT2D eigenvalue weighted by atomic mass is 19.1. The third-order valence-corrected chi connectivity index (χ3v) is 3.52. The average Bonchev–Trinajstić information content (AvgIpc) is 3.25. The van der Waals surface area contributed by atoms with Crippen molar-refractivity contribution in [3.63, 3.8) is 0 Å². The van der Waals surface area contributed by atoms with Crippen LogP contribution in [0.25, 0.3) is 0 Å². The Balaban J connectivity index is 2.08. The Labute approximate surface area is 120 Å². The molecule has 0 heterocycles. The molecule has 1 aliphatic carbocycles. The molecule has 0 radical (unpaired) electrons. The topological polar surface area (TPSA) is 23.5 Å². The Morgan fingerprint density at radius 3 is 2.80 bits per heavy atom. The zero-order valence-corrected chi connectivity index (χ0v) is 12.0. The van der Waals surface area contributed by atoms with E-state index >= 15 is 0 Å². The maximum Gasteiger partial charge on any atom is 0.124 e. The molecule has 0 amide bonds. The molecule has 1 saturated carbocycles. The van der Waals surface area contributed by atoms with E-state index in [4.69, 9.17) is 5.11 Å². The van der Waals surface area contributed by atoms with Crippen molar-refractivity contribution in [2.45, 2.75) is 45.2 Å². The van der Waals surface area contributed by atoms with Crippen molar-refractivity contribution in [2.24, 2.45) is 0 Å². The Morgan fingerprint density at radius 1 is 1.35 bits per heavy atom. The predicted molar refractivity (Wildman–Crippen MR) is 78.7 cm³/mol. The number of aliphatic hydroxyl groups is 1. The number of benzene rings is 1. The molecule has 20 heavy (non-hydrogen) atoms. The molecule has 108 valence electrons. The van der Waals surface area contributed by atoms with Crippen LogP contribution in [0.3, 0.4) is 0 Å². The molecule has 2 nitrogen and oxygen atoms in total. The smallest absolute Gasteiger partial charge is 0.124 e. The van der Waals surface area contributed by atoms with Gasteiger partial charge in [0.2, 0.25) is 0 Å². The zero-order valence-electron chi connectivity index (χ0n) is 12.0. The summed E-state index contributed by atoms with van der Waals surface area (Å²) < 4.78 is 13.6. The van der Waals surface area contributed by atoms with E-state index in [1.807, 2.05) is 6.07 Å². The molecule has 2 rings (SSSR count). The summed E-state index contributed by atoms with van der Waals surface area (Å²) in [5, 5.41) is 8.71. The maximum absolute atomic E-state index is 13.6. The minimum absolute atomic E-state index is 0.198. The fourth-order valence-electron chi connectivity index (χ4n) is 2.38. The van der Waals surface area contributed by atoms with Crippen molar-refractivity contribution in [1.29, 1.82) is 0 Å². The predicted octanol–water partition coefficient (Wildman–Crippen LogP) is 2.93. The summed E-state index contributed by atoms with van der Waals surface area (Å²) >= 11 is 0. The van der Waals surface area contributed by atoms with Crippen LogP contribution in [0.5, 0.6) is 0 Å². The molecule has 0 aliphatic heterocycles. The van der Waals surface area contributed by atoms with Crippen LogP contribution in [-0.4, -0.2) is 29.2 Å². The van der Waals surface area contributed by atoms with Crippen molar-refractivity contribution in [2.75, 3.05) is 13.2 Å². The monoisotopic (exact) mass is 275 g/mol. The summed E-state index contributed by atoms with van der Waals surface area (Å²) in [6.45, 7) is 3.86. The van der Waals surface area contributed by atoms with E-state index in [9.17, 15) is 4.39 Å². The molecule has 0 aromatic heterocycles. The highest BCUT2D eigenvalue weighted by molar-refractivity contribution is 5.37. The molecule has 0 spiro atoms. The summed E-state index contributed by atoms with van der Waals surface area (Å²) in [5.41, 5.74) is 1.61. The normalized spacial score (nSPS) is 14.2. The van der Waals surface area contributed by atoms with Gasteiger partial charge in [-0.1, -0.05) is 25.2 Å². The molecule has 3 heteroatoms. The molecule has 1 aliphatic rings. The minimum Gasteiger partial charge on any atom is -0.384 e. The van der Waals surface area contributed by atoms with Gasteiger partial charge in [0, 0.05) is 18.2 Å². The van der Waals surface area contributed by atoms with Crippen molar-refractivity contribution >= 4 is 0 Å². The number of hydrogen-bond acceptors (Lipinski definition) is 2. The molecule has 1 aromatic carbocycles. The van der Waals surface area contributed by atoms with Gasteiger partial charge in [0.15, 0.2) is 0 Å². The Hall–Kier alpha value is -1.37.